The topological polar surface area (TPSA) is 73.4 Å². The highest BCUT2D eigenvalue weighted by atomic mass is 19.1. The van der Waals surface area contributed by atoms with Crippen LogP contribution in [0.25, 0.3) is 11.3 Å². The molecule has 3 aromatic rings. The molecule has 0 aliphatic rings. The molecular formula is C28H36F2N4O2. The molecule has 2 aromatic carbocycles. The lowest BCUT2D eigenvalue weighted by atomic mass is 9.84. The van der Waals surface area contributed by atoms with Crippen molar-refractivity contribution >= 4 is 5.91 Å². The zero-order valence-electron chi connectivity index (χ0n) is 21.7. The number of carbonyl (C=O) groups excluding carboxylic acids is 1. The third-order valence-electron chi connectivity index (χ3n) is 5.96. The number of benzene rings is 2. The molecule has 2 atom stereocenters. The molecule has 8 heteroatoms. The summed E-state index contributed by atoms with van der Waals surface area (Å²) in [4.78, 5) is 20.0. The summed E-state index contributed by atoms with van der Waals surface area (Å²) in [5, 5.41) is 0. The normalized spacial score (nSPS) is 13.4. The van der Waals surface area contributed by atoms with Gasteiger partial charge in [0.2, 0.25) is 5.91 Å². The van der Waals surface area contributed by atoms with Gasteiger partial charge < -0.3 is 19.9 Å². The number of rotatable bonds is 10. The van der Waals surface area contributed by atoms with Crippen LogP contribution < -0.4 is 5.73 Å². The van der Waals surface area contributed by atoms with Crippen LogP contribution in [0.4, 0.5) is 8.78 Å². The number of halogens is 2. The molecule has 0 unspecified atom stereocenters. The van der Waals surface area contributed by atoms with Gasteiger partial charge in [-0.1, -0.05) is 45.0 Å². The first-order chi connectivity index (χ1) is 17.0. The Bertz CT molecular complexity index is 1170. The first kappa shape index (κ1) is 27.5. The SMILES string of the molecule is COCC(=O)N(CC[C@H](C)N)[C@@H](c1nc(-c2cccc(F)c2)cn1Cc1cccc(F)c1)C(C)(C)C. The second-order valence-corrected chi connectivity index (χ2v) is 10.3. The second kappa shape index (κ2) is 11.8. The third-order valence-corrected chi connectivity index (χ3v) is 5.96. The standard InChI is InChI=1S/C28H36F2N4O2/c1-19(31)12-13-34(25(35)18-36-5)26(28(2,3)4)27-32-24(21-9-7-11-23(30)15-21)17-33(27)16-20-8-6-10-22(29)14-20/h6-11,14-15,17,19,26H,12-13,16,18,31H2,1-5H3/t19-,26-/m0/s1. The van der Waals surface area contributed by atoms with Crippen molar-refractivity contribution in [3.63, 3.8) is 0 Å². The van der Waals surface area contributed by atoms with E-state index >= 15 is 0 Å². The van der Waals surface area contributed by atoms with Gasteiger partial charge in [-0.2, -0.15) is 0 Å². The average Bonchev–Trinajstić information content (AvgIpc) is 3.18. The van der Waals surface area contributed by atoms with Gasteiger partial charge in [0.05, 0.1) is 11.7 Å². The summed E-state index contributed by atoms with van der Waals surface area (Å²) in [5.74, 6) is -0.249. The molecule has 194 valence electrons. The number of methoxy groups -OCH3 is 1. The van der Waals surface area contributed by atoms with Crippen molar-refractivity contribution in [2.45, 2.75) is 52.7 Å². The lowest BCUT2D eigenvalue weighted by Crippen LogP contribution is -2.45. The molecule has 0 bridgehead atoms. The van der Waals surface area contributed by atoms with Crippen molar-refractivity contribution in [2.24, 2.45) is 11.1 Å². The largest absolute Gasteiger partial charge is 0.375 e. The Kier molecular flexibility index (Phi) is 8.98. The monoisotopic (exact) mass is 498 g/mol. The zero-order chi connectivity index (χ0) is 26.5. The Morgan fingerprint density at radius 1 is 1.14 bits per heavy atom. The van der Waals surface area contributed by atoms with Crippen molar-refractivity contribution in [3.8, 4) is 11.3 Å². The minimum absolute atomic E-state index is 0.0765. The molecule has 1 amide bonds. The maximum absolute atomic E-state index is 14.0. The summed E-state index contributed by atoms with van der Waals surface area (Å²) in [6.07, 6.45) is 2.43. The van der Waals surface area contributed by atoms with Crippen LogP contribution in [-0.2, 0) is 16.1 Å². The highest BCUT2D eigenvalue weighted by Crippen LogP contribution is 2.39. The van der Waals surface area contributed by atoms with E-state index in [0.717, 1.165) is 5.56 Å². The van der Waals surface area contributed by atoms with Gasteiger partial charge in [0.25, 0.3) is 0 Å². The van der Waals surface area contributed by atoms with E-state index in [9.17, 15) is 13.6 Å². The van der Waals surface area contributed by atoms with E-state index in [-0.39, 0.29) is 30.2 Å². The van der Waals surface area contributed by atoms with Gasteiger partial charge in [-0.05, 0) is 48.6 Å². The summed E-state index contributed by atoms with van der Waals surface area (Å²) in [6, 6.07) is 12.0. The van der Waals surface area contributed by atoms with Crippen LogP contribution in [0, 0.1) is 17.0 Å². The van der Waals surface area contributed by atoms with Crippen LogP contribution in [0.2, 0.25) is 0 Å². The van der Waals surface area contributed by atoms with Gasteiger partial charge in [-0.15, -0.1) is 0 Å². The fourth-order valence-electron chi connectivity index (χ4n) is 4.34. The van der Waals surface area contributed by atoms with E-state index in [1.165, 1.54) is 31.4 Å². The molecule has 3 rings (SSSR count). The summed E-state index contributed by atoms with van der Waals surface area (Å²) < 4.78 is 35.1. The summed E-state index contributed by atoms with van der Waals surface area (Å²) in [6.45, 7) is 8.70. The van der Waals surface area contributed by atoms with Crippen LogP contribution in [0.3, 0.4) is 0 Å². The fourth-order valence-corrected chi connectivity index (χ4v) is 4.34. The Hall–Kier alpha value is -3.10. The quantitative estimate of drug-likeness (QED) is 0.418. The first-order valence-corrected chi connectivity index (χ1v) is 12.1. The molecule has 0 aliphatic heterocycles. The number of hydrogen-bond acceptors (Lipinski definition) is 4. The third kappa shape index (κ3) is 6.98. The van der Waals surface area contributed by atoms with Crippen LogP contribution >= 0.6 is 0 Å². The fraction of sp³-hybridized carbons (Fsp3) is 0.429. The number of hydrogen-bond donors (Lipinski definition) is 1. The van der Waals surface area contributed by atoms with Crippen LogP contribution in [0.15, 0.2) is 54.7 Å². The molecule has 2 N–H and O–H groups in total. The lowest BCUT2D eigenvalue weighted by molar-refractivity contribution is -0.140. The number of nitrogens with two attached hydrogens (primary N) is 1. The minimum Gasteiger partial charge on any atom is -0.375 e. The van der Waals surface area contributed by atoms with Crippen LogP contribution in [-0.4, -0.2) is 46.7 Å². The number of amides is 1. The van der Waals surface area contributed by atoms with E-state index in [1.807, 2.05) is 44.5 Å². The summed E-state index contributed by atoms with van der Waals surface area (Å²) >= 11 is 0. The molecule has 36 heavy (non-hydrogen) atoms. The van der Waals surface area contributed by atoms with E-state index < -0.39 is 11.5 Å². The highest BCUT2D eigenvalue weighted by molar-refractivity contribution is 5.78. The van der Waals surface area contributed by atoms with Crippen molar-refractivity contribution in [1.29, 1.82) is 0 Å². The van der Waals surface area contributed by atoms with Crippen molar-refractivity contribution in [1.82, 2.24) is 14.5 Å². The van der Waals surface area contributed by atoms with Gasteiger partial charge in [0.15, 0.2) is 0 Å². The van der Waals surface area contributed by atoms with Gasteiger partial charge >= 0.3 is 0 Å². The van der Waals surface area contributed by atoms with E-state index in [0.29, 0.717) is 36.6 Å². The summed E-state index contributed by atoms with van der Waals surface area (Å²) in [7, 11) is 1.49. The number of carbonyl (C=O) groups is 1. The van der Waals surface area contributed by atoms with E-state index in [4.69, 9.17) is 15.5 Å². The van der Waals surface area contributed by atoms with E-state index in [1.54, 1.807) is 23.1 Å². The van der Waals surface area contributed by atoms with Gasteiger partial charge in [0, 0.05) is 38.0 Å². The van der Waals surface area contributed by atoms with Gasteiger partial charge in [0.1, 0.15) is 24.1 Å². The van der Waals surface area contributed by atoms with Gasteiger partial charge in [-0.25, -0.2) is 13.8 Å². The van der Waals surface area contributed by atoms with Crippen LogP contribution in [0.1, 0.15) is 51.5 Å². The molecule has 0 aliphatic carbocycles. The highest BCUT2D eigenvalue weighted by Gasteiger charge is 2.38. The minimum atomic E-state index is -0.449. The first-order valence-electron chi connectivity index (χ1n) is 12.1. The second-order valence-electron chi connectivity index (χ2n) is 10.3. The molecular weight excluding hydrogens is 462 g/mol. The molecule has 0 spiro atoms. The summed E-state index contributed by atoms with van der Waals surface area (Å²) in [5.41, 5.74) is 7.55. The van der Waals surface area contributed by atoms with Crippen molar-refractivity contribution in [3.05, 3.63) is 77.8 Å². The average molecular weight is 499 g/mol. The maximum Gasteiger partial charge on any atom is 0.249 e. The Balaban J connectivity index is 2.18. The number of imidazole rings is 1. The molecule has 0 saturated carbocycles. The number of aromatic nitrogens is 2. The molecule has 6 nitrogen and oxygen atoms in total. The van der Waals surface area contributed by atoms with Crippen molar-refractivity contribution in [2.75, 3.05) is 20.3 Å². The predicted molar refractivity (Wildman–Crippen MR) is 137 cm³/mol. The lowest BCUT2D eigenvalue weighted by Gasteiger charge is -2.40. The Labute approximate surface area is 212 Å². The molecule has 1 heterocycles. The molecule has 0 fully saturated rings. The Morgan fingerprint density at radius 2 is 1.81 bits per heavy atom. The zero-order valence-corrected chi connectivity index (χ0v) is 21.7. The smallest absolute Gasteiger partial charge is 0.249 e. The van der Waals surface area contributed by atoms with Crippen molar-refractivity contribution < 1.29 is 18.3 Å². The number of ether oxygens (including phenoxy) is 1. The predicted octanol–water partition coefficient (Wildman–Crippen LogP) is 5.18. The van der Waals surface area contributed by atoms with Gasteiger partial charge in [-0.3, -0.25) is 4.79 Å². The van der Waals surface area contributed by atoms with Crippen LogP contribution in [0.5, 0.6) is 0 Å². The molecule has 1 aromatic heterocycles. The molecule has 0 radical (unpaired) electrons. The Morgan fingerprint density at radius 3 is 2.39 bits per heavy atom. The molecule has 0 saturated heterocycles. The maximum atomic E-state index is 14.0. The van der Waals surface area contributed by atoms with E-state index in [2.05, 4.69) is 0 Å². The number of nitrogens with zero attached hydrogens (tertiary/aromatic N) is 3.